The van der Waals surface area contributed by atoms with Crippen molar-refractivity contribution in [2.75, 3.05) is 20.0 Å². The van der Waals surface area contributed by atoms with Crippen molar-refractivity contribution in [3.05, 3.63) is 53.6 Å². The number of rotatable bonds is 7. The second-order valence-corrected chi connectivity index (χ2v) is 7.02. The Morgan fingerprint density at radius 1 is 1.15 bits per heavy atom. The Morgan fingerprint density at radius 2 is 1.93 bits per heavy atom. The maximum Gasteiger partial charge on any atom is 0.306 e. The van der Waals surface area contributed by atoms with E-state index >= 15 is 0 Å². The zero-order chi connectivity index (χ0) is 19.2. The minimum atomic E-state index is -0.256. The first-order valence-corrected chi connectivity index (χ1v) is 9.54. The number of hydrogen-bond acceptors (Lipinski definition) is 6. The molecule has 3 rings (SSSR count). The molecule has 0 atom stereocenters. The lowest BCUT2D eigenvalue weighted by atomic mass is 10.2. The van der Waals surface area contributed by atoms with Crippen LogP contribution in [0.2, 0.25) is 5.02 Å². The SMILES string of the molecule is COC(=O)CCSc1nnc(-c2cccc(Cl)c2)n1-c1ccc(OC)cc1. The van der Waals surface area contributed by atoms with Gasteiger partial charge in [0.05, 0.1) is 20.6 Å². The van der Waals surface area contributed by atoms with Gasteiger partial charge in [0, 0.05) is 22.0 Å². The van der Waals surface area contributed by atoms with Crippen molar-refractivity contribution in [2.24, 2.45) is 0 Å². The molecule has 8 heteroatoms. The van der Waals surface area contributed by atoms with Gasteiger partial charge in [0.2, 0.25) is 0 Å². The van der Waals surface area contributed by atoms with Gasteiger partial charge in [0.25, 0.3) is 0 Å². The van der Waals surface area contributed by atoms with Crippen LogP contribution in [0.3, 0.4) is 0 Å². The van der Waals surface area contributed by atoms with Crippen LogP contribution in [0.4, 0.5) is 0 Å². The van der Waals surface area contributed by atoms with Gasteiger partial charge in [0.1, 0.15) is 5.75 Å². The molecule has 1 heterocycles. The number of thioether (sulfide) groups is 1. The van der Waals surface area contributed by atoms with Crippen LogP contribution in [0.5, 0.6) is 5.75 Å². The van der Waals surface area contributed by atoms with Crippen LogP contribution in [0.1, 0.15) is 6.42 Å². The molecular weight excluding hydrogens is 386 g/mol. The molecule has 0 N–H and O–H groups in total. The Hall–Kier alpha value is -2.51. The Kier molecular flexibility index (Phi) is 6.36. The molecule has 0 aliphatic heterocycles. The summed E-state index contributed by atoms with van der Waals surface area (Å²) in [5, 5.41) is 9.97. The highest BCUT2D eigenvalue weighted by molar-refractivity contribution is 7.99. The number of esters is 1. The second kappa shape index (κ2) is 8.92. The lowest BCUT2D eigenvalue weighted by molar-refractivity contribution is -0.140. The number of aromatic nitrogens is 3. The molecule has 0 spiro atoms. The van der Waals surface area contributed by atoms with Crippen molar-refractivity contribution in [1.82, 2.24) is 14.8 Å². The van der Waals surface area contributed by atoms with Crippen molar-refractivity contribution in [2.45, 2.75) is 11.6 Å². The van der Waals surface area contributed by atoms with E-state index in [0.29, 0.717) is 28.2 Å². The summed E-state index contributed by atoms with van der Waals surface area (Å²) >= 11 is 7.58. The van der Waals surface area contributed by atoms with Crippen LogP contribution < -0.4 is 4.74 Å². The predicted molar refractivity (Wildman–Crippen MR) is 106 cm³/mol. The summed E-state index contributed by atoms with van der Waals surface area (Å²) in [4.78, 5) is 11.4. The summed E-state index contributed by atoms with van der Waals surface area (Å²) in [5.41, 5.74) is 1.74. The number of halogens is 1. The van der Waals surface area contributed by atoms with Crippen molar-refractivity contribution in [1.29, 1.82) is 0 Å². The second-order valence-electron chi connectivity index (χ2n) is 5.52. The van der Waals surface area contributed by atoms with E-state index in [2.05, 4.69) is 10.2 Å². The fraction of sp³-hybridized carbons (Fsp3) is 0.211. The zero-order valence-corrected chi connectivity index (χ0v) is 16.5. The smallest absolute Gasteiger partial charge is 0.306 e. The van der Waals surface area contributed by atoms with Gasteiger partial charge in [-0.1, -0.05) is 35.5 Å². The van der Waals surface area contributed by atoms with Crippen LogP contribution in [-0.2, 0) is 9.53 Å². The van der Waals surface area contributed by atoms with Gasteiger partial charge in [-0.2, -0.15) is 0 Å². The highest BCUT2D eigenvalue weighted by Gasteiger charge is 2.17. The number of methoxy groups -OCH3 is 2. The molecule has 1 aromatic heterocycles. The number of carbonyl (C=O) groups is 1. The van der Waals surface area contributed by atoms with Crippen molar-refractivity contribution in [3.63, 3.8) is 0 Å². The molecule has 0 aliphatic carbocycles. The molecule has 0 radical (unpaired) electrons. The molecule has 0 bridgehead atoms. The molecule has 140 valence electrons. The zero-order valence-electron chi connectivity index (χ0n) is 14.9. The summed E-state index contributed by atoms with van der Waals surface area (Å²) in [5.74, 6) is 1.71. The standard InChI is InChI=1S/C19H18ClN3O3S/c1-25-16-8-6-15(7-9-16)23-18(13-4-3-5-14(20)12-13)21-22-19(23)27-11-10-17(24)26-2/h3-9,12H,10-11H2,1-2H3. The van der Waals surface area contributed by atoms with Gasteiger partial charge in [-0.15, -0.1) is 10.2 Å². The Bertz CT molecular complexity index is 928. The fourth-order valence-corrected chi connectivity index (χ4v) is 3.53. The lowest BCUT2D eigenvalue weighted by Crippen LogP contribution is -2.03. The third-order valence-corrected chi connectivity index (χ3v) is 4.98. The summed E-state index contributed by atoms with van der Waals surface area (Å²) < 4.78 is 11.9. The van der Waals surface area contributed by atoms with E-state index in [1.807, 2.05) is 53.1 Å². The molecule has 0 amide bonds. The summed E-state index contributed by atoms with van der Waals surface area (Å²) in [6.07, 6.45) is 0.295. The molecule has 0 saturated carbocycles. The number of nitrogens with zero attached hydrogens (tertiary/aromatic N) is 3. The number of hydrogen-bond donors (Lipinski definition) is 0. The first-order valence-electron chi connectivity index (χ1n) is 8.17. The van der Waals surface area contributed by atoms with Crippen LogP contribution in [0.15, 0.2) is 53.7 Å². The molecule has 0 aliphatic rings. The summed E-state index contributed by atoms with van der Waals surface area (Å²) in [6, 6.07) is 15.1. The first-order chi connectivity index (χ1) is 13.1. The molecule has 3 aromatic rings. The Labute approximate surface area is 166 Å². The molecule has 6 nitrogen and oxygen atoms in total. The van der Waals surface area contributed by atoms with Gasteiger partial charge < -0.3 is 9.47 Å². The van der Waals surface area contributed by atoms with Gasteiger partial charge in [-0.25, -0.2) is 0 Å². The topological polar surface area (TPSA) is 66.2 Å². The Balaban J connectivity index is 1.99. The van der Waals surface area contributed by atoms with E-state index < -0.39 is 0 Å². The van der Waals surface area contributed by atoms with Crippen LogP contribution in [0.25, 0.3) is 17.1 Å². The quantitative estimate of drug-likeness (QED) is 0.434. The Morgan fingerprint density at radius 3 is 2.59 bits per heavy atom. The summed E-state index contributed by atoms with van der Waals surface area (Å²) in [7, 11) is 3.00. The maximum absolute atomic E-state index is 11.4. The van der Waals surface area contributed by atoms with Crippen LogP contribution >= 0.6 is 23.4 Å². The van der Waals surface area contributed by atoms with Gasteiger partial charge >= 0.3 is 5.97 Å². The minimum Gasteiger partial charge on any atom is -0.497 e. The average Bonchev–Trinajstić information content (AvgIpc) is 3.11. The minimum absolute atomic E-state index is 0.256. The third-order valence-electron chi connectivity index (χ3n) is 3.81. The van der Waals surface area contributed by atoms with E-state index in [1.165, 1.54) is 18.9 Å². The third kappa shape index (κ3) is 4.61. The molecular formula is C19H18ClN3O3S. The van der Waals surface area contributed by atoms with Crippen LogP contribution in [-0.4, -0.2) is 40.7 Å². The molecule has 0 saturated heterocycles. The molecule has 0 fully saturated rings. The van der Waals surface area contributed by atoms with Crippen LogP contribution in [0, 0.1) is 0 Å². The predicted octanol–water partition coefficient (Wildman–Crippen LogP) is 4.25. The highest BCUT2D eigenvalue weighted by atomic mass is 35.5. The lowest BCUT2D eigenvalue weighted by Gasteiger charge is -2.11. The first kappa shape index (κ1) is 19.3. The van der Waals surface area contributed by atoms with Crippen molar-refractivity contribution in [3.8, 4) is 22.8 Å². The number of benzene rings is 2. The molecule has 2 aromatic carbocycles. The van der Waals surface area contributed by atoms with Crippen molar-refractivity contribution >= 4 is 29.3 Å². The maximum atomic E-state index is 11.4. The fourth-order valence-electron chi connectivity index (χ4n) is 2.47. The number of carbonyl (C=O) groups excluding carboxylic acids is 1. The van der Waals surface area contributed by atoms with E-state index in [4.69, 9.17) is 21.1 Å². The van der Waals surface area contributed by atoms with E-state index in [0.717, 1.165) is 17.0 Å². The van der Waals surface area contributed by atoms with Crippen molar-refractivity contribution < 1.29 is 14.3 Å². The van der Waals surface area contributed by atoms with Gasteiger partial charge in [-0.3, -0.25) is 9.36 Å². The van der Waals surface area contributed by atoms with E-state index in [-0.39, 0.29) is 5.97 Å². The van der Waals surface area contributed by atoms with E-state index in [9.17, 15) is 4.79 Å². The summed E-state index contributed by atoms with van der Waals surface area (Å²) in [6.45, 7) is 0. The van der Waals surface area contributed by atoms with Gasteiger partial charge in [-0.05, 0) is 36.4 Å². The average molecular weight is 404 g/mol. The normalized spacial score (nSPS) is 10.6. The number of ether oxygens (including phenoxy) is 2. The van der Waals surface area contributed by atoms with E-state index in [1.54, 1.807) is 7.11 Å². The molecule has 27 heavy (non-hydrogen) atoms. The van der Waals surface area contributed by atoms with Gasteiger partial charge in [0.15, 0.2) is 11.0 Å². The monoisotopic (exact) mass is 403 g/mol. The molecule has 0 unspecified atom stereocenters. The largest absolute Gasteiger partial charge is 0.497 e. The highest BCUT2D eigenvalue weighted by Crippen LogP contribution is 2.30.